The van der Waals surface area contributed by atoms with Gasteiger partial charge in [0.05, 0.1) is 5.75 Å². The van der Waals surface area contributed by atoms with Crippen LogP contribution in [-0.2, 0) is 10.0 Å². The lowest BCUT2D eigenvalue weighted by Crippen LogP contribution is -2.44. The Hall–Kier alpha value is -0.720. The molecular weight excluding hydrogens is 304 g/mol. The van der Waals surface area contributed by atoms with Gasteiger partial charge >= 0.3 is 0 Å². The van der Waals surface area contributed by atoms with E-state index in [0.717, 1.165) is 23.4 Å². The summed E-state index contributed by atoms with van der Waals surface area (Å²) in [4.78, 5) is 1.05. The molecule has 0 radical (unpaired) electrons. The standard InChI is InChI=1S/C15H24N2O2S2/c1-15(2)8-3-9-17(12-15)21(18,19)11-10-20-14-6-4-13(16)5-7-14/h4-7H,3,8-12,16H2,1-2H3. The first kappa shape index (κ1) is 16.6. The zero-order chi connectivity index (χ0) is 15.5. The maximum Gasteiger partial charge on any atom is 0.214 e. The number of rotatable bonds is 5. The molecule has 2 N–H and O–H groups in total. The molecule has 1 aromatic carbocycles. The number of piperidine rings is 1. The van der Waals surface area contributed by atoms with Crippen LogP contribution in [0.25, 0.3) is 0 Å². The quantitative estimate of drug-likeness (QED) is 0.667. The fourth-order valence-electron chi connectivity index (χ4n) is 2.56. The third-order valence-corrected chi connectivity index (χ3v) is 6.84. The van der Waals surface area contributed by atoms with E-state index in [9.17, 15) is 8.42 Å². The second kappa shape index (κ2) is 6.58. The van der Waals surface area contributed by atoms with Crippen LogP contribution in [-0.4, -0.2) is 37.3 Å². The minimum absolute atomic E-state index is 0.0927. The van der Waals surface area contributed by atoms with E-state index in [2.05, 4.69) is 13.8 Å². The van der Waals surface area contributed by atoms with Gasteiger partial charge in [-0.3, -0.25) is 0 Å². The molecule has 1 aliphatic rings. The van der Waals surface area contributed by atoms with Crippen LogP contribution in [0.1, 0.15) is 26.7 Å². The van der Waals surface area contributed by atoms with E-state index in [1.807, 2.05) is 24.3 Å². The first-order valence-electron chi connectivity index (χ1n) is 7.25. The lowest BCUT2D eigenvalue weighted by molar-refractivity contribution is 0.187. The van der Waals surface area contributed by atoms with Gasteiger partial charge in [-0.2, -0.15) is 0 Å². The molecule has 1 aliphatic heterocycles. The van der Waals surface area contributed by atoms with Crippen LogP contribution < -0.4 is 5.73 Å². The SMILES string of the molecule is CC1(C)CCCN(S(=O)(=O)CCSc2ccc(N)cc2)C1. The number of hydrogen-bond donors (Lipinski definition) is 1. The first-order chi connectivity index (χ1) is 9.78. The maximum atomic E-state index is 12.4. The Labute approximate surface area is 132 Å². The van der Waals surface area contributed by atoms with E-state index in [0.29, 0.717) is 18.8 Å². The smallest absolute Gasteiger partial charge is 0.214 e. The van der Waals surface area contributed by atoms with Gasteiger partial charge in [0, 0.05) is 29.4 Å². The Balaban J connectivity index is 1.88. The predicted molar refractivity (Wildman–Crippen MR) is 90.0 cm³/mol. The monoisotopic (exact) mass is 328 g/mol. The molecule has 1 heterocycles. The molecule has 1 aromatic rings. The van der Waals surface area contributed by atoms with Crippen LogP contribution in [0.5, 0.6) is 0 Å². The number of sulfonamides is 1. The van der Waals surface area contributed by atoms with Gasteiger partial charge in [0.15, 0.2) is 0 Å². The normalized spacial score (nSPS) is 19.5. The molecule has 2 rings (SSSR count). The van der Waals surface area contributed by atoms with Gasteiger partial charge < -0.3 is 5.73 Å². The highest BCUT2D eigenvalue weighted by Crippen LogP contribution is 2.30. The van der Waals surface area contributed by atoms with Gasteiger partial charge in [-0.15, -0.1) is 11.8 Å². The predicted octanol–water partition coefficient (Wildman–Crippen LogP) is 2.81. The number of hydrogen-bond acceptors (Lipinski definition) is 4. The average molecular weight is 329 g/mol. The van der Waals surface area contributed by atoms with Gasteiger partial charge in [0.1, 0.15) is 0 Å². The number of nitrogens with two attached hydrogens (primary N) is 1. The molecule has 1 fully saturated rings. The highest BCUT2D eigenvalue weighted by molar-refractivity contribution is 8.00. The Bertz CT molecular complexity index is 568. The van der Waals surface area contributed by atoms with Crippen molar-refractivity contribution in [1.29, 1.82) is 0 Å². The molecule has 1 saturated heterocycles. The summed E-state index contributed by atoms with van der Waals surface area (Å²) in [6.07, 6.45) is 2.05. The molecular formula is C15H24N2O2S2. The van der Waals surface area contributed by atoms with Crippen molar-refractivity contribution in [2.45, 2.75) is 31.6 Å². The molecule has 0 aromatic heterocycles. The van der Waals surface area contributed by atoms with Crippen molar-refractivity contribution in [3.05, 3.63) is 24.3 Å². The third-order valence-electron chi connectivity index (χ3n) is 3.75. The second-order valence-electron chi connectivity index (χ2n) is 6.33. The van der Waals surface area contributed by atoms with Gasteiger partial charge in [-0.1, -0.05) is 13.8 Å². The summed E-state index contributed by atoms with van der Waals surface area (Å²) in [6.45, 7) is 5.58. The van der Waals surface area contributed by atoms with Crippen LogP contribution in [0.2, 0.25) is 0 Å². The Morgan fingerprint density at radius 3 is 2.57 bits per heavy atom. The van der Waals surface area contributed by atoms with E-state index in [-0.39, 0.29) is 11.2 Å². The van der Waals surface area contributed by atoms with E-state index in [4.69, 9.17) is 5.73 Å². The topological polar surface area (TPSA) is 63.4 Å². The fraction of sp³-hybridized carbons (Fsp3) is 0.600. The van der Waals surface area contributed by atoms with E-state index >= 15 is 0 Å². The van der Waals surface area contributed by atoms with E-state index in [1.54, 1.807) is 16.1 Å². The van der Waals surface area contributed by atoms with Crippen molar-refractivity contribution in [1.82, 2.24) is 4.31 Å². The average Bonchev–Trinajstić information content (AvgIpc) is 2.40. The first-order valence-corrected chi connectivity index (χ1v) is 9.84. The summed E-state index contributed by atoms with van der Waals surface area (Å²) in [5.74, 6) is 0.765. The van der Waals surface area contributed by atoms with Crippen molar-refractivity contribution < 1.29 is 8.42 Å². The van der Waals surface area contributed by atoms with Crippen molar-refractivity contribution in [2.75, 3.05) is 30.3 Å². The van der Waals surface area contributed by atoms with Crippen LogP contribution in [0.4, 0.5) is 5.69 Å². The summed E-state index contributed by atoms with van der Waals surface area (Å²) in [6, 6.07) is 7.53. The number of thioether (sulfide) groups is 1. The summed E-state index contributed by atoms with van der Waals surface area (Å²) < 4.78 is 26.5. The van der Waals surface area contributed by atoms with Crippen LogP contribution in [0.3, 0.4) is 0 Å². The Morgan fingerprint density at radius 1 is 1.29 bits per heavy atom. The lowest BCUT2D eigenvalue weighted by Gasteiger charge is -2.37. The molecule has 0 atom stereocenters. The van der Waals surface area contributed by atoms with Gasteiger partial charge in [-0.25, -0.2) is 12.7 Å². The van der Waals surface area contributed by atoms with E-state index < -0.39 is 10.0 Å². The molecule has 0 saturated carbocycles. The Morgan fingerprint density at radius 2 is 1.95 bits per heavy atom. The lowest BCUT2D eigenvalue weighted by atomic mass is 9.85. The number of benzene rings is 1. The fourth-order valence-corrected chi connectivity index (χ4v) is 5.52. The van der Waals surface area contributed by atoms with Crippen LogP contribution in [0, 0.1) is 5.41 Å². The zero-order valence-electron chi connectivity index (χ0n) is 12.7. The van der Waals surface area contributed by atoms with Crippen molar-refractivity contribution in [2.24, 2.45) is 5.41 Å². The molecule has 0 bridgehead atoms. The zero-order valence-corrected chi connectivity index (χ0v) is 14.3. The Kier molecular flexibility index (Phi) is 5.22. The van der Waals surface area contributed by atoms with Crippen LogP contribution in [0.15, 0.2) is 29.2 Å². The maximum absolute atomic E-state index is 12.4. The molecule has 0 aliphatic carbocycles. The van der Waals surface area contributed by atoms with Gasteiger partial charge in [0.2, 0.25) is 10.0 Å². The van der Waals surface area contributed by atoms with Gasteiger partial charge in [-0.05, 0) is 42.5 Å². The molecule has 0 unspecified atom stereocenters. The molecule has 4 nitrogen and oxygen atoms in total. The molecule has 0 spiro atoms. The number of nitrogens with zero attached hydrogens (tertiary/aromatic N) is 1. The number of nitrogen functional groups attached to an aromatic ring is 1. The van der Waals surface area contributed by atoms with Gasteiger partial charge in [0.25, 0.3) is 0 Å². The molecule has 6 heteroatoms. The second-order valence-corrected chi connectivity index (χ2v) is 9.59. The van der Waals surface area contributed by atoms with E-state index in [1.165, 1.54) is 0 Å². The summed E-state index contributed by atoms with van der Waals surface area (Å²) in [5.41, 5.74) is 6.45. The highest BCUT2D eigenvalue weighted by Gasteiger charge is 2.32. The minimum Gasteiger partial charge on any atom is -0.399 e. The largest absolute Gasteiger partial charge is 0.399 e. The van der Waals surface area contributed by atoms with Crippen molar-refractivity contribution >= 4 is 27.5 Å². The highest BCUT2D eigenvalue weighted by atomic mass is 32.2. The van der Waals surface area contributed by atoms with Crippen molar-refractivity contribution in [3.63, 3.8) is 0 Å². The van der Waals surface area contributed by atoms with Crippen molar-refractivity contribution in [3.8, 4) is 0 Å². The molecule has 118 valence electrons. The molecule has 21 heavy (non-hydrogen) atoms. The summed E-state index contributed by atoms with van der Waals surface area (Å²) >= 11 is 1.56. The van der Waals surface area contributed by atoms with Crippen LogP contribution >= 0.6 is 11.8 Å². The number of anilines is 1. The molecule has 0 amide bonds. The third kappa shape index (κ3) is 4.90. The summed E-state index contributed by atoms with van der Waals surface area (Å²) in [7, 11) is -3.14. The summed E-state index contributed by atoms with van der Waals surface area (Å²) in [5, 5.41) is 0. The minimum atomic E-state index is -3.14.